The predicted octanol–water partition coefficient (Wildman–Crippen LogP) is 1.78. The van der Waals surface area contributed by atoms with Gasteiger partial charge in [-0.3, -0.25) is 4.79 Å². The molecule has 0 heterocycles. The molecule has 1 unspecified atom stereocenters. The molecule has 0 saturated carbocycles. The van der Waals surface area contributed by atoms with E-state index in [9.17, 15) is 13.2 Å². The van der Waals surface area contributed by atoms with Crippen LogP contribution in [0.3, 0.4) is 0 Å². The van der Waals surface area contributed by atoms with Crippen LogP contribution in [0.2, 0.25) is 0 Å². The first-order valence-corrected chi connectivity index (χ1v) is 7.78. The molecule has 5 nitrogen and oxygen atoms in total. The molecule has 1 aromatic rings. The average Bonchev–Trinajstić information content (AvgIpc) is 2.36. The zero-order chi connectivity index (χ0) is 14.5. The number of carbonyl (C=O) groups is 1. The van der Waals surface area contributed by atoms with Gasteiger partial charge in [0, 0.05) is 0 Å². The van der Waals surface area contributed by atoms with Crippen LogP contribution in [0.15, 0.2) is 30.3 Å². The van der Waals surface area contributed by atoms with Gasteiger partial charge in [0.05, 0.1) is 5.75 Å². The van der Waals surface area contributed by atoms with Gasteiger partial charge in [0.1, 0.15) is 6.04 Å². The Bertz CT molecular complexity index is 513. The average molecular weight is 285 g/mol. The van der Waals surface area contributed by atoms with Crippen molar-refractivity contribution in [2.45, 2.75) is 26.3 Å². The van der Waals surface area contributed by atoms with E-state index in [1.165, 1.54) is 0 Å². The molecule has 0 aliphatic heterocycles. The van der Waals surface area contributed by atoms with Gasteiger partial charge in [-0.15, -0.1) is 0 Å². The maximum Gasteiger partial charge on any atom is 0.326 e. The highest BCUT2D eigenvalue weighted by Crippen LogP contribution is 2.15. The van der Waals surface area contributed by atoms with Crippen LogP contribution in [-0.2, 0) is 14.8 Å². The first kappa shape index (κ1) is 15.7. The number of hydrogen-bond donors (Lipinski definition) is 2. The van der Waals surface area contributed by atoms with Crippen molar-refractivity contribution in [2.75, 3.05) is 5.75 Å². The maximum absolute atomic E-state index is 11.9. The summed E-state index contributed by atoms with van der Waals surface area (Å²) < 4.78 is 26.1. The smallest absolute Gasteiger partial charge is 0.326 e. The maximum atomic E-state index is 11.9. The molecule has 0 radical (unpaired) electrons. The molecule has 2 N–H and O–H groups in total. The summed E-state index contributed by atoms with van der Waals surface area (Å²) in [5.41, 5.74) is 0.419. The molecular formula is C13H19NO4S. The predicted molar refractivity (Wildman–Crippen MR) is 73.2 cm³/mol. The lowest BCUT2D eigenvalue weighted by Gasteiger charge is -2.16. The fourth-order valence-corrected chi connectivity index (χ4v) is 3.30. The number of hydrogen-bond acceptors (Lipinski definition) is 3. The van der Waals surface area contributed by atoms with Crippen LogP contribution in [0.4, 0.5) is 0 Å². The monoisotopic (exact) mass is 285 g/mol. The quantitative estimate of drug-likeness (QED) is 0.800. The van der Waals surface area contributed by atoms with E-state index in [-0.39, 0.29) is 11.7 Å². The van der Waals surface area contributed by atoms with E-state index in [4.69, 9.17) is 5.11 Å². The van der Waals surface area contributed by atoms with Crippen molar-refractivity contribution in [1.82, 2.24) is 4.72 Å². The van der Waals surface area contributed by atoms with Crippen molar-refractivity contribution >= 4 is 16.0 Å². The summed E-state index contributed by atoms with van der Waals surface area (Å²) in [5.74, 6) is -1.29. The lowest BCUT2D eigenvalue weighted by molar-refractivity contribution is -0.139. The van der Waals surface area contributed by atoms with Crippen LogP contribution >= 0.6 is 0 Å². The Labute approximate surface area is 113 Å². The Morgan fingerprint density at radius 3 is 2.37 bits per heavy atom. The molecule has 0 aliphatic rings. The second-order valence-electron chi connectivity index (χ2n) is 4.59. The van der Waals surface area contributed by atoms with E-state index in [1.807, 2.05) is 13.8 Å². The SMILES string of the molecule is CCC(C)CS(=O)(=O)N[C@@H](C(=O)O)c1ccccc1. The minimum absolute atomic E-state index is 0.0114. The van der Waals surface area contributed by atoms with E-state index >= 15 is 0 Å². The Morgan fingerprint density at radius 2 is 1.89 bits per heavy atom. The summed E-state index contributed by atoms with van der Waals surface area (Å²) in [6, 6.07) is 7.03. The van der Waals surface area contributed by atoms with Gasteiger partial charge >= 0.3 is 5.97 Å². The lowest BCUT2D eigenvalue weighted by Crippen LogP contribution is -2.36. The Balaban J connectivity index is 2.89. The van der Waals surface area contributed by atoms with Gasteiger partial charge in [-0.1, -0.05) is 50.6 Å². The van der Waals surface area contributed by atoms with Crippen LogP contribution in [0.5, 0.6) is 0 Å². The molecule has 1 rings (SSSR count). The minimum Gasteiger partial charge on any atom is -0.480 e. The Kier molecular flexibility index (Phi) is 5.50. The third kappa shape index (κ3) is 5.00. The molecule has 19 heavy (non-hydrogen) atoms. The highest BCUT2D eigenvalue weighted by molar-refractivity contribution is 7.89. The number of carboxylic acid groups (broad SMARTS) is 1. The molecule has 0 aliphatic carbocycles. The number of sulfonamides is 1. The number of benzene rings is 1. The van der Waals surface area contributed by atoms with Gasteiger partial charge in [-0.2, -0.15) is 4.72 Å². The van der Waals surface area contributed by atoms with E-state index < -0.39 is 22.0 Å². The van der Waals surface area contributed by atoms with Crippen molar-refractivity contribution in [2.24, 2.45) is 5.92 Å². The van der Waals surface area contributed by atoms with Gasteiger partial charge in [-0.25, -0.2) is 8.42 Å². The topological polar surface area (TPSA) is 83.5 Å². The molecule has 106 valence electrons. The molecule has 0 spiro atoms. The number of carboxylic acids is 1. The zero-order valence-electron chi connectivity index (χ0n) is 11.0. The largest absolute Gasteiger partial charge is 0.480 e. The second-order valence-corrected chi connectivity index (χ2v) is 6.39. The summed E-state index contributed by atoms with van der Waals surface area (Å²) >= 11 is 0. The van der Waals surface area contributed by atoms with E-state index in [2.05, 4.69) is 4.72 Å². The Hall–Kier alpha value is -1.40. The second kappa shape index (κ2) is 6.68. The fraction of sp³-hybridized carbons (Fsp3) is 0.462. The molecule has 0 aromatic heterocycles. The van der Waals surface area contributed by atoms with Crippen molar-refractivity contribution < 1.29 is 18.3 Å². The molecule has 0 amide bonds. The summed E-state index contributed by atoms with van der Waals surface area (Å²) in [6.07, 6.45) is 0.726. The molecule has 0 fully saturated rings. The molecular weight excluding hydrogens is 266 g/mol. The first-order valence-electron chi connectivity index (χ1n) is 6.13. The highest BCUT2D eigenvalue weighted by atomic mass is 32.2. The van der Waals surface area contributed by atoms with E-state index in [0.717, 1.165) is 6.42 Å². The van der Waals surface area contributed by atoms with Crippen molar-refractivity contribution in [3.8, 4) is 0 Å². The highest BCUT2D eigenvalue weighted by Gasteiger charge is 2.26. The van der Waals surface area contributed by atoms with Crippen molar-refractivity contribution in [3.05, 3.63) is 35.9 Å². The summed E-state index contributed by atoms with van der Waals surface area (Å²) in [4.78, 5) is 11.2. The summed E-state index contributed by atoms with van der Waals surface area (Å²) in [6.45, 7) is 3.71. The van der Waals surface area contributed by atoms with Crippen molar-refractivity contribution in [3.63, 3.8) is 0 Å². The third-order valence-electron chi connectivity index (χ3n) is 2.88. The number of rotatable bonds is 7. The van der Waals surface area contributed by atoms with Crippen LogP contribution < -0.4 is 4.72 Å². The summed E-state index contributed by atoms with van der Waals surface area (Å²) in [7, 11) is -3.62. The van der Waals surface area contributed by atoms with Crippen LogP contribution in [0.25, 0.3) is 0 Å². The summed E-state index contributed by atoms with van der Waals surface area (Å²) in [5, 5.41) is 9.15. The normalized spacial score (nSPS) is 14.8. The number of aliphatic carboxylic acids is 1. The molecule has 0 bridgehead atoms. The van der Waals surface area contributed by atoms with Crippen molar-refractivity contribution in [1.29, 1.82) is 0 Å². The lowest BCUT2D eigenvalue weighted by atomic mass is 10.1. The molecule has 2 atom stereocenters. The molecule has 0 saturated heterocycles. The number of nitrogens with one attached hydrogen (secondary N) is 1. The van der Waals surface area contributed by atoms with E-state index in [0.29, 0.717) is 5.56 Å². The van der Waals surface area contributed by atoms with Gasteiger partial charge in [0.2, 0.25) is 10.0 Å². The minimum atomic E-state index is -3.62. The van der Waals surface area contributed by atoms with E-state index in [1.54, 1.807) is 30.3 Å². The third-order valence-corrected chi connectivity index (χ3v) is 4.48. The zero-order valence-corrected chi connectivity index (χ0v) is 11.9. The molecule has 1 aromatic carbocycles. The Morgan fingerprint density at radius 1 is 1.32 bits per heavy atom. The first-order chi connectivity index (χ1) is 8.85. The fourth-order valence-electron chi connectivity index (χ4n) is 1.63. The van der Waals surface area contributed by atoms with Gasteiger partial charge in [0.15, 0.2) is 0 Å². The molecule has 6 heteroatoms. The van der Waals surface area contributed by atoms with Gasteiger partial charge in [0.25, 0.3) is 0 Å². The van der Waals surface area contributed by atoms with Crippen LogP contribution in [0.1, 0.15) is 31.9 Å². The van der Waals surface area contributed by atoms with Gasteiger partial charge < -0.3 is 5.11 Å². The van der Waals surface area contributed by atoms with Crippen LogP contribution in [0, 0.1) is 5.92 Å². The van der Waals surface area contributed by atoms with Gasteiger partial charge in [-0.05, 0) is 11.5 Å². The van der Waals surface area contributed by atoms with Crippen LogP contribution in [-0.4, -0.2) is 25.2 Å². The standard InChI is InChI=1S/C13H19NO4S/c1-3-10(2)9-19(17,18)14-12(13(15)16)11-7-5-4-6-8-11/h4-8,10,12,14H,3,9H2,1-2H3,(H,15,16)/t10?,12-/m1/s1.